The van der Waals surface area contributed by atoms with Crippen LogP contribution in [0.1, 0.15) is 58.9 Å². The summed E-state index contributed by atoms with van der Waals surface area (Å²) in [7, 11) is -3.78. The molecule has 0 bridgehead atoms. The van der Waals surface area contributed by atoms with Crippen LogP contribution in [-0.4, -0.2) is 86.2 Å². The molecule has 18 heteroatoms. The van der Waals surface area contributed by atoms with Crippen LogP contribution < -0.4 is 32.7 Å². The van der Waals surface area contributed by atoms with Gasteiger partial charge in [0.1, 0.15) is 24.7 Å². The number of ether oxygens (including phenoxy) is 1. The molecule has 1 rings (SSSR count). The molecule has 274 valence electrons. The standard InChI is InChI=1S/C31H48ClN7O9S/c1-6-19(4)26(29(44)37-23(15-24(40)41)21(32)17-49(5,46)47)38-27(42)22(13-10-14-35-30(33)34)36-28(43)25(18(2)3)39-31(45)48-16-20-11-8-7-9-12-20/h7-9,11-12,17-19,22-23,25-26H,6,10,13-16H2,1-5H3,(H,36,43)(H,37,44)(H,38,42)(H,39,45)(H,40,41)(H4,33,34,35)/b21-17-/t19-,22-,23-,25-,26-/m0/s1. The van der Waals surface area contributed by atoms with Gasteiger partial charge in [-0.3, -0.25) is 24.2 Å². The number of carbonyl (C=O) groups is 5. The van der Waals surface area contributed by atoms with Crippen molar-refractivity contribution in [1.82, 2.24) is 21.3 Å². The first-order chi connectivity index (χ1) is 22.8. The Bertz CT molecular complexity index is 1450. The number of halogens is 1. The minimum Gasteiger partial charge on any atom is -0.481 e. The Morgan fingerprint density at radius 2 is 1.53 bits per heavy atom. The maximum atomic E-state index is 13.7. The van der Waals surface area contributed by atoms with E-state index in [0.717, 1.165) is 11.8 Å². The second-order valence-corrected chi connectivity index (χ2v) is 14.1. The van der Waals surface area contributed by atoms with E-state index in [0.29, 0.717) is 11.8 Å². The molecule has 0 aliphatic rings. The highest BCUT2D eigenvalue weighted by Gasteiger charge is 2.34. The molecule has 1 aromatic rings. The zero-order valence-corrected chi connectivity index (χ0v) is 29.8. The lowest BCUT2D eigenvalue weighted by molar-refractivity contribution is -0.138. The third-order valence-electron chi connectivity index (χ3n) is 7.16. The number of amides is 4. The number of hydrogen-bond donors (Lipinski definition) is 7. The quantitative estimate of drug-likeness (QED) is 0.0567. The van der Waals surface area contributed by atoms with Crippen molar-refractivity contribution in [3.05, 3.63) is 46.3 Å². The number of benzene rings is 1. The largest absolute Gasteiger partial charge is 0.481 e. The topological polar surface area (TPSA) is 261 Å². The number of guanidine groups is 1. The van der Waals surface area contributed by atoms with Crippen LogP contribution in [0.2, 0.25) is 0 Å². The van der Waals surface area contributed by atoms with Crippen LogP contribution >= 0.6 is 11.6 Å². The van der Waals surface area contributed by atoms with Crippen LogP contribution in [0.15, 0.2) is 45.8 Å². The molecular weight excluding hydrogens is 682 g/mol. The normalized spacial score (nSPS) is 14.7. The van der Waals surface area contributed by atoms with Gasteiger partial charge in [-0.05, 0) is 30.2 Å². The summed E-state index contributed by atoms with van der Waals surface area (Å²) < 4.78 is 28.7. The van der Waals surface area contributed by atoms with Gasteiger partial charge in [0.25, 0.3) is 0 Å². The van der Waals surface area contributed by atoms with Crippen molar-refractivity contribution in [2.45, 2.75) is 84.2 Å². The van der Waals surface area contributed by atoms with Gasteiger partial charge in [0.2, 0.25) is 17.7 Å². The number of rotatable bonds is 20. The molecule has 0 saturated heterocycles. The van der Waals surface area contributed by atoms with E-state index in [1.165, 1.54) is 0 Å². The average Bonchev–Trinajstić information content (AvgIpc) is 3.01. The Kier molecular flexibility index (Phi) is 18.2. The molecule has 0 aromatic heterocycles. The number of nitrogens with one attached hydrogen (secondary N) is 4. The molecule has 49 heavy (non-hydrogen) atoms. The van der Waals surface area contributed by atoms with E-state index >= 15 is 0 Å². The number of carbonyl (C=O) groups excluding carboxylic acids is 4. The van der Waals surface area contributed by atoms with Crippen LogP contribution in [-0.2, 0) is 40.4 Å². The molecule has 4 amide bonds. The van der Waals surface area contributed by atoms with Gasteiger partial charge >= 0.3 is 12.1 Å². The molecule has 0 spiro atoms. The van der Waals surface area contributed by atoms with Gasteiger partial charge in [0.15, 0.2) is 15.8 Å². The number of nitrogens with two attached hydrogens (primary N) is 2. The first-order valence-electron chi connectivity index (χ1n) is 15.6. The zero-order valence-electron chi connectivity index (χ0n) is 28.3. The number of nitrogens with zero attached hydrogens (tertiary/aromatic N) is 1. The highest BCUT2D eigenvalue weighted by Crippen LogP contribution is 2.16. The summed E-state index contributed by atoms with van der Waals surface area (Å²) in [5.41, 5.74) is 11.5. The third kappa shape index (κ3) is 17.0. The molecule has 16 nitrogen and oxygen atoms in total. The first kappa shape index (κ1) is 42.6. The number of carboxylic acid groups (broad SMARTS) is 1. The van der Waals surface area contributed by atoms with Crippen molar-refractivity contribution >= 4 is 57.2 Å². The molecule has 5 atom stereocenters. The average molecular weight is 730 g/mol. The van der Waals surface area contributed by atoms with Gasteiger partial charge < -0.3 is 42.6 Å². The van der Waals surface area contributed by atoms with E-state index in [2.05, 4.69) is 26.3 Å². The third-order valence-corrected chi connectivity index (χ3v) is 8.35. The molecule has 0 aliphatic heterocycles. The van der Waals surface area contributed by atoms with Crippen molar-refractivity contribution in [3.8, 4) is 0 Å². The van der Waals surface area contributed by atoms with Crippen molar-refractivity contribution < 1.29 is 42.2 Å². The van der Waals surface area contributed by atoms with Crippen LogP contribution in [0.3, 0.4) is 0 Å². The van der Waals surface area contributed by atoms with Gasteiger partial charge in [0.05, 0.1) is 17.5 Å². The van der Waals surface area contributed by atoms with Crippen LogP contribution in [0.25, 0.3) is 0 Å². The van der Waals surface area contributed by atoms with Gasteiger partial charge in [-0.1, -0.05) is 76.0 Å². The zero-order chi connectivity index (χ0) is 37.3. The smallest absolute Gasteiger partial charge is 0.408 e. The molecular formula is C31H48ClN7O9S. The lowest BCUT2D eigenvalue weighted by Gasteiger charge is -2.29. The monoisotopic (exact) mass is 729 g/mol. The van der Waals surface area contributed by atoms with E-state index in [1.807, 2.05) is 6.07 Å². The molecule has 0 fully saturated rings. The van der Waals surface area contributed by atoms with Crippen molar-refractivity contribution in [2.24, 2.45) is 28.3 Å². The van der Waals surface area contributed by atoms with Crippen molar-refractivity contribution in [3.63, 3.8) is 0 Å². The van der Waals surface area contributed by atoms with Crippen LogP contribution in [0, 0.1) is 11.8 Å². The summed E-state index contributed by atoms with van der Waals surface area (Å²) in [5, 5.41) is 19.8. The maximum absolute atomic E-state index is 13.7. The second-order valence-electron chi connectivity index (χ2n) is 11.8. The molecule has 0 saturated carbocycles. The number of carboxylic acids is 1. The lowest BCUT2D eigenvalue weighted by Crippen LogP contribution is -2.59. The summed E-state index contributed by atoms with van der Waals surface area (Å²) in [6.45, 7) is 6.89. The number of sulfone groups is 1. The van der Waals surface area contributed by atoms with Crippen LogP contribution in [0.5, 0.6) is 0 Å². The first-order valence-corrected chi connectivity index (χ1v) is 17.9. The lowest BCUT2D eigenvalue weighted by atomic mass is 9.96. The summed E-state index contributed by atoms with van der Waals surface area (Å²) >= 11 is 6.09. The fourth-order valence-corrected chi connectivity index (χ4v) is 5.55. The molecule has 0 radical (unpaired) electrons. The predicted octanol–water partition coefficient (Wildman–Crippen LogP) is 1.09. The Labute approximate surface area is 291 Å². The van der Waals surface area contributed by atoms with E-state index in [9.17, 15) is 37.5 Å². The fourth-order valence-electron chi connectivity index (χ4n) is 4.36. The molecule has 0 heterocycles. The summed E-state index contributed by atoms with van der Waals surface area (Å²) in [6, 6.07) is 3.92. The van der Waals surface area contributed by atoms with Gasteiger partial charge in [0, 0.05) is 18.2 Å². The molecule has 1 aromatic carbocycles. The highest BCUT2D eigenvalue weighted by atomic mass is 35.5. The summed E-state index contributed by atoms with van der Waals surface area (Å²) in [6.07, 6.45) is -0.0796. The number of aliphatic imine (C=N–C) groups is 1. The van der Waals surface area contributed by atoms with E-state index < -0.39 is 87.1 Å². The van der Waals surface area contributed by atoms with Gasteiger partial charge in [-0.2, -0.15) is 0 Å². The predicted molar refractivity (Wildman–Crippen MR) is 185 cm³/mol. The van der Waals surface area contributed by atoms with Crippen LogP contribution in [0.4, 0.5) is 4.79 Å². The number of hydrogen-bond acceptors (Lipinski definition) is 9. The van der Waals surface area contributed by atoms with Crippen molar-refractivity contribution in [1.29, 1.82) is 0 Å². The Morgan fingerprint density at radius 3 is 2.06 bits per heavy atom. The SMILES string of the molecule is CC[C@H](C)[C@H](NC(=O)[C@H](CCCN=C(N)N)NC(=O)[C@@H](NC(=O)OCc1ccccc1)C(C)C)C(=O)N[C@@H](CC(=O)O)/C(Cl)=C/S(C)(=O)=O. The van der Waals surface area contributed by atoms with Gasteiger partial charge in [-0.25, -0.2) is 13.2 Å². The number of aliphatic carboxylic acids is 1. The Hall–Kier alpha value is -4.38. The Balaban J connectivity index is 3.24. The van der Waals surface area contributed by atoms with Gasteiger partial charge in [-0.15, -0.1) is 0 Å². The fraction of sp³-hybridized carbons (Fsp3) is 0.548. The molecule has 0 aliphatic carbocycles. The van der Waals surface area contributed by atoms with E-state index in [4.69, 9.17) is 27.8 Å². The highest BCUT2D eigenvalue weighted by molar-refractivity contribution is 7.93. The minimum absolute atomic E-state index is 0.0248. The van der Waals surface area contributed by atoms with Crippen molar-refractivity contribution in [2.75, 3.05) is 12.8 Å². The summed E-state index contributed by atoms with van der Waals surface area (Å²) in [4.78, 5) is 68.6. The second kappa shape index (κ2) is 20.9. The van der Waals surface area contributed by atoms with E-state index in [-0.39, 0.29) is 32.0 Å². The Morgan fingerprint density at radius 1 is 0.939 bits per heavy atom. The number of alkyl carbamates (subject to hydrolysis) is 1. The molecule has 0 unspecified atom stereocenters. The summed E-state index contributed by atoms with van der Waals surface area (Å²) in [5.74, 6) is -4.76. The maximum Gasteiger partial charge on any atom is 0.408 e. The van der Waals surface area contributed by atoms with E-state index in [1.54, 1.807) is 52.0 Å². The molecule has 9 N–H and O–H groups in total. The minimum atomic E-state index is -3.78.